The quantitative estimate of drug-likeness (QED) is 0.363. The Morgan fingerprint density at radius 2 is 1.91 bits per heavy atom. The standard InChI is InChI=1S/C23H26N4O6S/c1-23(2,3)25-20(29)11-12-27(21-17-7-5-6-8-19(17)34(31,32)26-21)24-14-16-13-15(22(30)33-4)9-10-18(16)28/h5-10,13-14,28H,11-12H2,1-4H3,(H,25,29)/b24-14+. The molecular weight excluding hydrogens is 460 g/mol. The maximum Gasteiger partial charge on any atom is 0.337 e. The van der Waals surface area contributed by atoms with Crippen molar-refractivity contribution in [2.45, 2.75) is 37.6 Å². The minimum atomic E-state index is -3.92. The van der Waals surface area contributed by atoms with Gasteiger partial charge in [-0.3, -0.25) is 4.79 Å². The molecule has 0 saturated carbocycles. The molecule has 1 aliphatic heterocycles. The van der Waals surface area contributed by atoms with Crippen LogP contribution in [0.3, 0.4) is 0 Å². The first-order valence-corrected chi connectivity index (χ1v) is 11.8. The lowest BCUT2D eigenvalue weighted by atomic mass is 10.1. The number of phenols is 1. The number of carbonyl (C=O) groups excluding carboxylic acids is 2. The van der Waals surface area contributed by atoms with Crippen molar-refractivity contribution in [3.8, 4) is 5.75 Å². The number of carbonyl (C=O) groups is 2. The lowest BCUT2D eigenvalue weighted by molar-refractivity contribution is -0.122. The minimum Gasteiger partial charge on any atom is -0.507 e. The van der Waals surface area contributed by atoms with Gasteiger partial charge in [-0.05, 0) is 51.1 Å². The predicted molar refractivity (Wildman–Crippen MR) is 126 cm³/mol. The summed E-state index contributed by atoms with van der Waals surface area (Å²) in [5.74, 6) is -0.939. The fraction of sp³-hybridized carbons (Fsp3) is 0.304. The molecule has 0 spiro atoms. The highest BCUT2D eigenvalue weighted by atomic mass is 32.2. The van der Waals surface area contributed by atoms with Gasteiger partial charge in [0.15, 0.2) is 5.84 Å². The molecular formula is C23H26N4O6S. The third-order valence-corrected chi connectivity index (χ3v) is 6.03. The van der Waals surface area contributed by atoms with Crippen molar-refractivity contribution >= 4 is 33.9 Å². The number of hydrogen-bond donors (Lipinski definition) is 2. The van der Waals surface area contributed by atoms with E-state index in [0.29, 0.717) is 5.56 Å². The smallest absolute Gasteiger partial charge is 0.337 e. The highest BCUT2D eigenvalue weighted by Gasteiger charge is 2.32. The van der Waals surface area contributed by atoms with Crippen LogP contribution in [0, 0.1) is 0 Å². The summed E-state index contributed by atoms with van der Waals surface area (Å²) in [5.41, 5.74) is 0.306. The van der Waals surface area contributed by atoms with Gasteiger partial charge in [0, 0.05) is 23.1 Å². The summed E-state index contributed by atoms with van der Waals surface area (Å²) in [7, 11) is -2.68. The molecule has 2 aromatic carbocycles. The lowest BCUT2D eigenvalue weighted by Gasteiger charge is -2.22. The highest BCUT2D eigenvalue weighted by Crippen LogP contribution is 2.28. The number of nitrogens with zero attached hydrogens (tertiary/aromatic N) is 3. The molecule has 1 amide bonds. The maximum absolute atomic E-state index is 12.5. The predicted octanol–water partition coefficient (Wildman–Crippen LogP) is 2.27. The van der Waals surface area contributed by atoms with E-state index in [9.17, 15) is 23.1 Å². The number of methoxy groups -OCH3 is 1. The summed E-state index contributed by atoms with van der Waals surface area (Å²) in [6.07, 6.45) is 1.27. The van der Waals surface area contributed by atoms with E-state index in [1.165, 1.54) is 42.6 Å². The van der Waals surface area contributed by atoms with E-state index in [1.807, 2.05) is 20.8 Å². The monoisotopic (exact) mass is 486 g/mol. The zero-order valence-corrected chi connectivity index (χ0v) is 20.1. The second-order valence-electron chi connectivity index (χ2n) is 8.57. The zero-order valence-electron chi connectivity index (χ0n) is 19.3. The van der Waals surface area contributed by atoms with Crippen LogP contribution in [0.5, 0.6) is 5.75 Å². The molecule has 3 rings (SSSR count). The Labute approximate surface area is 198 Å². The van der Waals surface area contributed by atoms with Crippen LogP contribution < -0.4 is 5.32 Å². The van der Waals surface area contributed by atoms with E-state index in [1.54, 1.807) is 18.2 Å². The Morgan fingerprint density at radius 1 is 1.21 bits per heavy atom. The van der Waals surface area contributed by atoms with Gasteiger partial charge in [0.25, 0.3) is 10.0 Å². The first kappa shape index (κ1) is 24.9. The van der Waals surface area contributed by atoms with Gasteiger partial charge in [0.05, 0.1) is 25.4 Å². The summed E-state index contributed by atoms with van der Waals surface area (Å²) in [5, 5.41) is 18.6. The van der Waals surface area contributed by atoms with Gasteiger partial charge in [0.1, 0.15) is 10.6 Å². The molecule has 0 fully saturated rings. The number of ether oxygens (including phenoxy) is 1. The number of fused-ring (bicyclic) bond motifs is 1. The summed E-state index contributed by atoms with van der Waals surface area (Å²) in [6, 6.07) is 10.4. The molecule has 2 aromatic rings. The number of sulfonamides is 1. The Kier molecular flexibility index (Phi) is 7.06. The van der Waals surface area contributed by atoms with Crippen LogP contribution in [0.1, 0.15) is 48.7 Å². The zero-order chi connectivity index (χ0) is 25.1. The van der Waals surface area contributed by atoms with Crippen LogP contribution in [0.2, 0.25) is 0 Å². The molecule has 34 heavy (non-hydrogen) atoms. The van der Waals surface area contributed by atoms with Crippen molar-refractivity contribution in [3.05, 3.63) is 59.2 Å². The number of hydrazone groups is 1. The third-order valence-electron chi connectivity index (χ3n) is 4.71. The summed E-state index contributed by atoms with van der Waals surface area (Å²) >= 11 is 0. The highest BCUT2D eigenvalue weighted by molar-refractivity contribution is 7.90. The molecule has 1 aliphatic rings. The van der Waals surface area contributed by atoms with Crippen molar-refractivity contribution in [2.75, 3.05) is 13.7 Å². The second-order valence-corrected chi connectivity index (χ2v) is 10.1. The van der Waals surface area contributed by atoms with Gasteiger partial charge in [0.2, 0.25) is 5.91 Å². The average Bonchev–Trinajstić information content (AvgIpc) is 3.04. The number of amidine groups is 1. The van der Waals surface area contributed by atoms with Crippen LogP contribution in [0.15, 0.2) is 56.9 Å². The molecule has 0 bridgehead atoms. The lowest BCUT2D eigenvalue weighted by Crippen LogP contribution is -2.42. The van der Waals surface area contributed by atoms with E-state index in [4.69, 9.17) is 4.74 Å². The topological polar surface area (TPSA) is 138 Å². The number of amides is 1. The summed E-state index contributed by atoms with van der Waals surface area (Å²) < 4.78 is 33.6. The minimum absolute atomic E-state index is 0.00400. The van der Waals surface area contributed by atoms with E-state index >= 15 is 0 Å². The van der Waals surface area contributed by atoms with Crippen molar-refractivity contribution in [1.29, 1.82) is 0 Å². The third kappa shape index (κ3) is 5.79. The molecule has 0 aromatic heterocycles. The Balaban J connectivity index is 1.97. The Hall–Kier alpha value is -3.73. The number of benzene rings is 2. The molecule has 0 aliphatic carbocycles. The molecule has 0 atom stereocenters. The number of phenolic OH excluding ortho intramolecular Hbond substituents is 1. The molecule has 10 nitrogen and oxygen atoms in total. The summed E-state index contributed by atoms with van der Waals surface area (Å²) in [6.45, 7) is 5.56. The number of esters is 1. The van der Waals surface area contributed by atoms with E-state index in [2.05, 4.69) is 14.8 Å². The first-order valence-electron chi connectivity index (χ1n) is 10.4. The fourth-order valence-corrected chi connectivity index (χ4v) is 4.42. The summed E-state index contributed by atoms with van der Waals surface area (Å²) in [4.78, 5) is 24.3. The van der Waals surface area contributed by atoms with E-state index < -0.39 is 21.5 Å². The fourth-order valence-electron chi connectivity index (χ4n) is 3.22. The van der Waals surface area contributed by atoms with Crippen LogP contribution in [0.25, 0.3) is 0 Å². The molecule has 0 saturated heterocycles. The van der Waals surface area contributed by atoms with Crippen molar-refractivity contribution < 1.29 is 27.9 Å². The van der Waals surface area contributed by atoms with Crippen LogP contribution in [-0.2, 0) is 19.6 Å². The molecule has 180 valence electrons. The molecule has 0 unspecified atom stereocenters. The van der Waals surface area contributed by atoms with Crippen LogP contribution >= 0.6 is 0 Å². The Bertz CT molecular complexity index is 1280. The number of rotatable bonds is 6. The van der Waals surface area contributed by atoms with Gasteiger partial charge in [-0.15, -0.1) is 4.40 Å². The van der Waals surface area contributed by atoms with Crippen LogP contribution in [-0.4, -0.2) is 61.7 Å². The number of aromatic hydroxyl groups is 1. The van der Waals surface area contributed by atoms with Gasteiger partial charge in [-0.1, -0.05) is 12.1 Å². The molecule has 2 N–H and O–H groups in total. The molecule has 11 heteroatoms. The van der Waals surface area contributed by atoms with Gasteiger partial charge in [-0.25, -0.2) is 9.80 Å². The van der Waals surface area contributed by atoms with Gasteiger partial charge in [-0.2, -0.15) is 13.5 Å². The van der Waals surface area contributed by atoms with E-state index in [0.717, 1.165) is 0 Å². The van der Waals surface area contributed by atoms with Crippen molar-refractivity contribution in [2.24, 2.45) is 9.50 Å². The maximum atomic E-state index is 12.5. The number of hydrogen-bond acceptors (Lipinski definition) is 8. The van der Waals surface area contributed by atoms with E-state index in [-0.39, 0.29) is 46.5 Å². The average molecular weight is 487 g/mol. The SMILES string of the molecule is COC(=O)c1ccc(O)c(/C=N/N(CCC(=O)NC(C)(C)C)C2=NS(=O)(=O)c3ccccc32)c1. The van der Waals surface area contributed by atoms with Gasteiger partial charge >= 0.3 is 5.97 Å². The van der Waals surface area contributed by atoms with Gasteiger partial charge < -0.3 is 15.2 Å². The Morgan fingerprint density at radius 3 is 2.59 bits per heavy atom. The molecule has 1 heterocycles. The second kappa shape index (κ2) is 9.64. The van der Waals surface area contributed by atoms with Crippen molar-refractivity contribution in [1.82, 2.24) is 10.3 Å². The van der Waals surface area contributed by atoms with Crippen LogP contribution in [0.4, 0.5) is 0 Å². The molecule has 0 radical (unpaired) electrons. The van der Waals surface area contributed by atoms with Crippen molar-refractivity contribution in [3.63, 3.8) is 0 Å². The number of nitrogens with one attached hydrogen (secondary N) is 1. The first-order chi connectivity index (χ1) is 15.9. The largest absolute Gasteiger partial charge is 0.507 e. The normalized spacial score (nSPS) is 14.4.